The SMILES string of the molecule is Cc1ccccc1Nc1c(-c2ccc(N(C)C)cc2)nc2c(C)cccn12. The lowest BCUT2D eigenvalue weighted by Crippen LogP contribution is -2.08. The van der Waals surface area contributed by atoms with E-state index in [1.165, 1.54) is 11.3 Å². The van der Waals surface area contributed by atoms with Crippen molar-refractivity contribution in [3.05, 3.63) is 78.0 Å². The van der Waals surface area contributed by atoms with E-state index < -0.39 is 0 Å². The Kier molecular flexibility index (Phi) is 4.32. The zero-order chi connectivity index (χ0) is 19.0. The quantitative estimate of drug-likeness (QED) is 0.529. The van der Waals surface area contributed by atoms with Gasteiger partial charge in [-0.2, -0.15) is 0 Å². The fourth-order valence-electron chi connectivity index (χ4n) is 3.28. The van der Waals surface area contributed by atoms with Crippen molar-refractivity contribution in [1.82, 2.24) is 9.38 Å². The molecule has 2 heterocycles. The minimum Gasteiger partial charge on any atom is -0.378 e. The highest BCUT2D eigenvalue weighted by atomic mass is 15.1. The normalized spacial score (nSPS) is 11.0. The molecule has 2 aromatic heterocycles. The minimum absolute atomic E-state index is 0.956. The first-order valence-electron chi connectivity index (χ1n) is 9.12. The van der Waals surface area contributed by atoms with Gasteiger partial charge in [-0.3, -0.25) is 4.40 Å². The molecule has 4 rings (SSSR count). The fraction of sp³-hybridized carbons (Fsp3) is 0.174. The van der Waals surface area contributed by atoms with Crippen LogP contribution in [0.1, 0.15) is 11.1 Å². The van der Waals surface area contributed by atoms with Gasteiger partial charge in [0.25, 0.3) is 0 Å². The van der Waals surface area contributed by atoms with Gasteiger partial charge in [0.05, 0.1) is 0 Å². The molecule has 1 N–H and O–H groups in total. The summed E-state index contributed by atoms with van der Waals surface area (Å²) in [4.78, 5) is 7.07. The predicted molar refractivity (Wildman–Crippen MR) is 114 cm³/mol. The maximum Gasteiger partial charge on any atom is 0.143 e. The lowest BCUT2D eigenvalue weighted by Gasteiger charge is -2.14. The molecule has 0 aliphatic carbocycles. The van der Waals surface area contributed by atoms with Gasteiger partial charge in [-0.1, -0.05) is 36.4 Å². The summed E-state index contributed by atoms with van der Waals surface area (Å²) in [6.07, 6.45) is 2.06. The van der Waals surface area contributed by atoms with Crippen LogP contribution in [0, 0.1) is 13.8 Å². The Morgan fingerprint density at radius 2 is 1.56 bits per heavy atom. The number of hydrogen-bond donors (Lipinski definition) is 1. The van der Waals surface area contributed by atoms with Crippen molar-refractivity contribution in [2.75, 3.05) is 24.3 Å². The van der Waals surface area contributed by atoms with Crippen LogP contribution < -0.4 is 10.2 Å². The number of imidazole rings is 1. The topological polar surface area (TPSA) is 32.6 Å². The summed E-state index contributed by atoms with van der Waals surface area (Å²) in [6, 6.07) is 21.0. The number of aryl methyl sites for hydroxylation is 2. The summed E-state index contributed by atoms with van der Waals surface area (Å²) in [6.45, 7) is 4.21. The van der Waals surface area contributed by atoms with E-state index in [1.807, 2.05) is 0 Å². The van der Waals surface area contributed by atoms with Crippen molar-refractivity contribution in [3.63, 3.8) is 0 Å². The van der Waals surface area contributed by atoms with E-state index in [1.54, 1.807) is 0 Å². The van der Waals surface area contributed by atoms with E-state index in [2.05, 4.69) is 109 Å². The fourth-order valence-corrected chi connectivity index (χ4v) is 3.28. The van der Waals surface area contributed by atoms with E-state index in [0.717, 1.165) is 34.0 Å². The van der Waals surface area contributed by atoms with Crippen molar-refractivity contribution in [1.29, 1.82) is 0 Å². The molecule has 0 saturated carbocycles. The van der Waals surface area contributed by atoms with Gasteiger partial charge in [-0.15, -0.1) is 0 Å². The van der Waals surface area contributed by atoms with Crippen molar-refractivity contribution in [3.8, 4) is 11.3 Å². The molecular formula is C23H24N4. The number of benzene rings is 2. The Morgan fingerprint density at radius 1 is 0.852 bits per heavy atom. The van der Waals surface area contributed by atoms with Crippen molar-refractivity contribution >= 4 is 22.8 Å². The third kappa shape index (κ3) is 3.14. The molecule has 136 valence electrons. The van der Waals surface area contributed by atoms with Crippen LogP contribution >= 0.6 is 0 Å². The summed E-state index contributed by atoms with van der Waals surface area (Å²) < 4.78 is 2.14. The summed E-state index contributed by atoms with van der Waals surface area (Å²) in [5.41, 5.74) is 7.65. The van der Waals surface area contributed by atoms with E-state index in [4.69, 9.17) is 4.98 Å². The highest BCUT2D eigenvalue weighted by molar-refractivity contribution is 5.81. The highest BCUT2D eigenvalue weighted by Crippen LogP contribution is 2.33. The molecule has 0 amide bonds. The Morgan fingerprint density at radius 3 is 2.26 bits per heavy atom. The molecule has 4 heteroatoms. The van der Waals surface area contributed by atoms with E-state index in [-0.39, 0.29) is 0 Å². The van der Waals surface area contributed by atoms with Crippen LogP contribution in [0.3, 0.4) is 0 Å². The van der Waals surface area contributed by atoms with Gasteiger partial charge in [0.1, 0.15) is 17.2 Å². The number of anilines is 3. The zero-order valence-corrected chi connectivity index (χ0v) is 16.2. The predicted octanol–water partition coefficient (Wildman–Crippen LogP) is 5.43. The average Bonchev–Trinajstić information content (AvgIpc) is 3.04. The number of aromatic nitrogens is 2. The first kappa shape index (κ1) is 17.2. The monoisotopic (exact) mass is 356 g/mol. The maximum absolute atomic E-state index is 4.97. The van der Waals surface area contributed by atoms with Crippen molar-refractivity contribution < 1.29 is 0 Å². The third-order valence-electron chi connectivity index (χ3n) is 4.90. The molecular weight excluding hydrogens is 332 g/mol. The Bertz CT molecular complexity index is 1090. The molecule has 27 heavy (non-hydrogen) atoms. The number of rotatable bonds is 4. The maximum atomic E-state index is 4.97. The second-order valence-corrected chi connectivity index (χ2v) is 7.08. The minimum atomic E-state index is 0.956. The third-order valence-corrected chi connectivity index (χ3v) is 4.90. The summed E-state index contributed by atoms with van der Waals surface area (Å²) >= 11 is 0. The second-order valence-electron chi connectivity index (χ2n) is 7.08. The van der Waals surface area contributed by atoms with Crippen LogP contribution in [0.2, 0.25) is 0 Å². The molecule has 0 saturated heterocycles. The Labute approximate surface area is 160 Å². The highest BCUT2D eigenvalue weighted by Gasteiger charge is 2.16. The molecule has 0 spiro atoms. The van der Waals surface area contributed by atoms with Crippen LogP contribution in [-0.4, -0.2) is 23.5 Å². The molecule has 0 aliphatic rings. The van der Waals surface area contributed by atoms with Crippen LogP contribution in [-0.2, 0) is 0 Å². The summed E-state index contributed by atoms with van der Waals surface area (Å²) in [5, 5.41) is 3.62. The number of para-hydroxylation sites is 1. The van der Waals surface area contributed by atoms with Gasteiger partial charge in [0.15, 0.2) is 0 Å². The van der Waals surface area contributed by atoms with Gasteiger partial charge in [-0.05, 0) is 49.2 Å². The molecule has 2 aromatic carbocycles. The first-order chi connectivity index (χ1) is 13.0. The van der Waals surface area contributed by atoms with Crippen LogP contribution in [0.4, 0.5) is 17.2 Å². The number of hydrogen-bond acceptors (Lipinski definition) is 3. The molecule has 0 radical (unpaired) electrons. The number of fused-ring (bicyclic) bond motifs is 1. The van der Waals surface area contributed by atoms with Gasteiger partial charge in [-0.25, -0.2) is 4.98 Å². The molecule has 4 nitrogen and oxygen atoms in total. The van der Waals surface area contributed by atoms with Crippen LogP contribution in [0.15, 0.2) is 66.9 Å². The Balaban J connectivity index is 1.89. The largest absolute Gasteiger partial charge is 0.378 e. The van der Waals surface area contributed by atoms with E-state index >= 15 is 0 Å². The Hall–Kier alpha value is -3.27. The van der Waals surface area contributed by atoms with Gasteiger partial charge >= 0.3 is 0 Å². The first-order valence-corrected chi connectivity index (χ1v) is 9.12. The van der Waals surface area contributed by atoms with Gasteiger partial charge in [0.2, 0.25) is 0 Å². The average molecular weight is 356 g/mol. The zero-order valence-electron chi connectivity index (χ0n) is 16.2. The molecule has 0 bridgehead atoms. The van der Waals surface area contributed by atoms with Crippen molar-refractivity contribution in [2.45, 2.75) is 13.8 Å². The lowest BCUT2D eigenvalue weighted by atomic mass is 10.1. The van der Waals surface area contributed by atoms with E-state index in [0.29, 0.717) is 0 Å². The summed E-state index contributed by atoms with van der Waals surface area (Å²) in [5.74, 6) is 0.987. The van der Waals surface area contributed by atoms with Crippen molar-refractivity contribution in [2.24, 2.45) is 0 Å². The second kappa shape index (κ2) is 6.80. The standard InChI is InChI=1S/C23H24N4/c1-16-8-5-6-10-20(16)24-23-21(18-11-13-19(14-12-18)26(3)4)25-22-17(2)9-7-15-27(22)23/h5-15,24H,1-4H3. The lowest BCUT2D eigenvalue weighted by molar-refractivity contribution is 1.13. The number of nitrogens with zero attached hydrogens (tertiary/aromatic N) is 3. The van der Waals surface area contributed by atoms with Crippen LogP contribution in [0.25, 0.3) is 16.9 Å². The number of nitrogens with one attached hydrogen (secondary N) is 1. The molecule has 4 aromatic rings. The van der Waals surface area contributed by atoms with Gasteiger partial charge in [0, 0.05) is 37.2 Å². The van der Waals surface area contributed by atoms with Gasteiger partial charge < -0.3 is 10.2 Å². The van der Waals surface area contributed by atoms with Crippen LogP contribution in [0.5, 0.6) is 0 Å². The number of pyridine rings is 1. The molecule has 0 fully saturated rings. The smallest absolute Gasteiger partial charge is 0.143 e. The molecule has 0 atom stereocenters. The summed E-state index contributed by atoms with van der Waals surface area (Å²) in [7, 11) is 4.10. The van der Waals surface area contributed by atoms with E-state index in [9.17, 15) is 0 Å². The molecule has 0 unspecified atom stereocenters. The molecule has 0 aliphatic heterocycles.